The van der Waals surface area contributed by atoms with Gasteiger partial charge in [-0.2, -0.15) is 0 Å². The standard InChI is InChI=1S/C23H27N5OS/c1-16(8-9-18-6-4-3-5-7-18)25-22(29)17(2)30-23-27-26-21(28(23)20-10-11-20)19-12-14-24-15-13-19/h3-7,12-17,20H,8-11H2,1-2H3,(H,25,29). The molecule has 0 aliphatic heterocycles. The Bertz CT molecular complexity index is 972. The molecule has 1 N–H and O–H groups in total. The van der Waals surface area contributed by atoms with E-state index in [0.717, 1.165) is 42.2 Å². The van der Waals surface area contributed by atoms with Crippen LogP contribution in [0.2, 0.25) is 0 Å². The van der Waals surface area contributed by atoms with Crippen LogP contribution in [0.1, 0.15) is 44.7 Å². The van der Waals surface area contributed by atoms with Gasteiger partial charge >= 0.3 is 0 Å². The number of carbonyl (C=O) groups excluding carboxylic acids is 1. The summed E-state index contributed by atoms with van der Waals surface area (Å²) in [6.45, 7) is 3.99. The molecule has 4 rings (SSSR count). The van der Waals surface area contributed by atoms with Gasteiger partial charge in [-0.05, 0) is 57.2 Å². The van der Waals surface area contributed by atoms with Crippen LogP contribution in [-0.4, -0.2) is 36.9 Å². The van der Waals surface area contributed by atoms with Crippen molar-refractivity contribution in [1.82, 2.24) is 25.1 Å². The summed E-state index contributed by atoms with van der Waals surface area (Å²) < 4.78 is 2.18. The number of pyridine rings is 1. The van der Waals surface area contributed by atoms with Crippen LogP contribution in [0.3, 0.4) is 0 Å². The van der Waals surface area contributed by atoms with E-state index in [-0.39, 0.29) is 17.2 Å². The monoisotopic (exact) mass is 421 g/mol. The molecule has 1 saturated carbocycles. The first kappa shape index (κ1) is 20.6. The Morgan fingerprint density at radius 1 is 1.13 bits per heavy atom. The van der Waals surface area contributed by atoms with Gasteiger partial charge in [-0.1, -0.05) is 42.1 Å². The first-order valence-corrected chi connectivity index (χ1v) is 11.4. The number of hydrogen-bond donors (Lipinski definition) is 1. The van der Waals surface area contributed by atoms with Gasteiger partial charge in [0.05, 0.1) is 5.25 Å². The molecule has 7 heteroatoms. The largest absolute Gasteiger partial charge is 0.353 e. The van der Waals surface area contributed by atoms with Crippen LogP contribution in [0.25, 0.3) is 11.4 Å². The maximum atomic E-state index is 12.7. The van der Waals surface area contributed by atoms with Gasteiger partial charge in [-0.3, -0.25) is 14.3 Å². The number of nitrogens with zero attached hydrogens (tertiary/aromatic N) is 4. The number of nitrogens with one attached hydrogen (secondary N) is 1. The molecule has 1 aliphatic rings. The number of thioether (sulfide) groups is 1. The smallest absolute Gasteiger partial charge is 0.233 e. The van der Waals surface area contributed by atoms with Crippen molar-refractivity contribution >= 4 is 17.7 Å². The molecule has 2 aromatic heterocycles. The first-order chi connectivity index (χ1) is 14.6. The minimum Gasteiger partial charge on any atom is -0.353 e. The van der Waals surface area contributed by atoms with E-state index >= 15 is 0 Å². The van der Waals surface area contributed by atoms with E-state index < -0.39 is 0 Å². The second-order valence-corrected chi connectivity index (χ2v) is 9.15. The molecule has 156 valence electrons. The molecular weight excluding hydrogens is 394 g/mol. The summed E-state index contributed by atoms with van der Waals surface area (Å²) in [5.41, 5.74) is 2.30. The second kappa shape index (κ2) is 9.43. The van der Waals surface area contributed by atoms with E-state index in [1.165, 1.54) is 17.3 Å². The third kappa shape index (κ3) is 5.08. The normalized spacial score (nSPS) is 15.5. The van der Waals surface area contributed by atoms with Gasteiger partial charge in [0.1, 0.15) is 0 Å². The Hall–Kier alpha value is -2.67. The summed E-state index contributed by atoms with van der Waals surface area (Å²) in [5.74, 6) is 0.891. The first-order valence-electron chi connectivity index (χ1n) is 10.5. The predicted molar refractivity (Wildman–Crippen MR) is 119 cm³/mol. The number of benzene rings is 1. The highest BCUT2D eigenvalue weighted by atomic mass is 32.2. The van der Waals surface area contributed by atoms with E-state index in [1.807, 2.05) is 37.3 Å². The maximum absolute atomic E-state index is 12.7. The summed E-state index contributed by atoms with van der Waals surface area (Å²) >= 11 is 1.48. The van der Waals surface area contributed by atoms with Crippen molar-refractivity contribution < 1.29 is 4.79 Å². The minimum atomic E-state index is -0.240. The molecule has 0 saturated heterocycles. The van der Waals surface area contributed by atoms with Crippen LogP contribution < -0.4 is 5.32 Å². The number of carbonyl (C=O) groups is 1. The minimum absolute atomic E-state index is 0.0383. The fraction of sp³-hybridized carbons (Fsp3) is 0.391. The van der Waals surface area contributed by atoms with Gasteiger partial charge in [0.15, 0.2) is 11.0 Å². The molecule has 2 unspecified atom stereocenters. The summed E-state index contributed by atoms with van der Waals surface area (Å²) in [7, 11) is 0. The maximum Gasteiger partial charge on any atom is 0.233 e. The van der Waals surface area contributed by atoms with Crippen LogP contribution >= 0.6 is 11.8 Å². The molecule has 0 bridgehead atoms. The van der Waals surface area contributed by atoms with E-state index in [4.69, 9.17) is 0 Å². The highest BCUT2D eigenvalue weighted by molar-refractivity contribution is 8.00. The van der Waals surface area contributed by atoms with Gasteiger partial charge < -0.3 is 5.32 Å². The number of aryl methyl sites for hydroxylation is 1. The predicted octanol–water partition coefficient (Wildman–Crippen LogP) is 4.29. The zero-order valence-electron chi connectivity index (χ0n) is 17.4. The van der Waals surface area contributed by atoms with E-state index in [1.54, 1.807) is 12.4 Å². The lowest BCUT2D eigenvalue weighted by Crippen LogP contribution is -2.38. The lowest BCUT2D eigenvalue weighted by molar-refractivity contribution is -0.120. The third-order valence-corrected chi connectivity index (χ3v) is 6.32. The van der Waals surface area contributed by atoms with Crippen molar-refractivity contribution in [2.45, 2.75) is 62.0 Å². The average molecular weight is 422 g/mol. The summed E-state index contributed by atoms with van der Waals surface area (Å²) in [6.07, 6.45) is 7.65. The van der Waals surface area contributed by atoms with Crippen molar-refractivity contribution in [2.75, 3.05) is 0 Å². The Balaban J connectivity index is 1.37. The molecule has 2 heterocycles. The number of hydrogen-bond acceptors (Lipinski definition) is 5. The number of amides is 1. The van der Waals surface area contributed by atoms with Gasteiger partial charge in [0.2, 0.25) is 5.91 Å². The Morgan fingerprint density at radius 2 is 1.87 bits per heavy atom. The molecule has 0 spiro atoms. The van der Waals surface area contributed by atoms with Gasteiger partial charge in [0.25, 0.3) is 0 Å². The van der Waals surface area contributed by atoms with Crippen LogP contribution in [0.4, 0.5) is 0 Å². The number of rotatable bonds is 9. The van der Waals surface area contributed by atoms with E-state index in [0.29, 0.717) is 6.04 Å². The van der Waals surface area contributed by atoms with Crippen molar-refractivity contribution in [3.05, 3.63) is 60.4 Å². The van der Waals surface area contributed by atoms with Crippen molar-refractivity contribution in [1.29, 1.82) is 0 Å². The number of aromatic nitrogens is 4. The second-order valence-electron chi connectivity index (χ2n) is 7.84. The SMILES string of the molecule is CC(CCc1ccccc1)NC(=O)C(C)Sc1nnc(-c2ccncc2)n1C1CC1. The lowest BCUT2D eigenvalue weighted by atomic mass is 10.1. The highest BCUT2D eigenvalue weighted by Crippen LogP contribution is 2.41. The molecule has 6 nitrogen and oxygen atoms in total. The molecule has 30 heavy (non-hydrogen) atoms. The molecule has 3 aromatic rings. The van der Waals surface area contributed by atoms with Crippen LogP contribution in [-0.2, 0) is 11.2 Å². The van der Waals surface area contributed by atoms with Crippen molar-refractivity contribution in [3.8, 4) is 11.4 Å². The molecule has 2 atom stereocenters. The van der Waals surface area contributed by atoms with Crippen molar-refractivity contribution in [2.24, 2.45) is 0 Å². The van der Waals surface area contributed by atoms with Crippen LogP contribution in [0.15, 0.2) is 60.0 Å². The van der Waals surface area contributed by atoms with Gasteiger partial charge in [0, 0.05) is 30.0 Å². The average Bonchev–Trinajstić information content (AvgIpc) is 3.53. The molecule has 1 aromatic carbocycles. The summed E-state index contributed by atoms with van der Waals surface area (Å²) in [4.78, 5) is 16.8. The molecule has 1 aliphatic carbocycles. The van der Waals surface area contributed by atoms with Crippen LogP contribution in [0, 0.1) is 0 Å². The topological polar surface area (TPSA) is 72.7 Å². The Kier molecular flexibility index (Phi) is 6.47. The zero-order chi connectivity index (χ0) is 20.9. The van der Waals surface area contributed by atoms with E-state index in [9.17, 15) is 4.79 Å². The van der Waals surface area contributed by atoms with Gasteiger partial charge in [-0.25, -0.2) is 0 Å². The zero-order valence-corrected chi connectivity index (χ0v) is 18.2. The summed E-state index contributed by atoms with van der Waals surface area (Å²) in [5, 5.41) is 12.5. The fourth-order valence-corrected chi connectivity index (χ4v) is 4.32. The Labute approximate surface area is 181 Å². The highest BCUT2D eigenvalue weighted by Gasteiger charge is 2.31. The summed E-state index contributed by atoms with van der Waals surface area (Å²) in [6, 6.07) is 14.8. The van der Waals surface area contributed by atoms with E-state index in [2.05, 4.69) is 44.1 Å². The van der Waals surface area contributed by atoms with Gasteiger partial charge in [-0.15, -0.1) is 10.2 Å². The van der Waals surface area contributed by atoms with Crippen LogP contribution in [0.5, 0.6) is 0 Å². The molecular formula is C23H27N5OS. The Morgan fingerprint density at radius 3 is 2.57 bits per heavy atom. The fourth-order valence-electron chi connectivity index (χ4n) is 3.39. The molecule has 1 amide bonds. The third-order valence-electron chi connectivity index (χ3n) is 5.26. The molecule has 0 radical (unpaired) electrons. The quantitative estimate of drug-likeness (QED) is 0.522. The lowest BCUT2D eigenvalue weighted by Gasteiger charge is -2.17. The van der Waals surface area contributed by atoms with Crippen molar-refractivity contribution in [3.63, 3.8) is 0 Å². The molecule has 1 fully saturated rings.